The number of piperidine rings is 1. The molecule has 1 amide bonds. The molecule has 5 heteroatoms. The van der Waals surface area contributed by atoms with E-state index in [1.165, 1.54) is 0 Å². The van der Waals surface area contributed by atoms with Crippen LogP contribution in [0.15, 0.2) is 11.3 Å². The van der Waals surface area contributed by atoms with Gasteiger partial charge in [-0.1, -0.05) is 13.8 Å². The van der Waals surface area contributed by atoms with Crippen LogP contribution in [0.2, 0.25) is 0 Å². The second-order valence-corrected chi connectivity index (χ2v) is 6.13. The van der Waals surface area contributed by atoms with Crippen LogP contribution in [0.4, 0.5) is 0 Å². The summed E-state index contributed by atoms with van der Waals surface area (Å²) >= 11 is 0. The summed E-state index contributed by atoms with van der Waals surface area (Å²) in [5.41, 5.74) is 6.63. The van der Waals surface area contributed by atoms with E-state index in [0.717, 1.165) is 0 Å². The van der Waals surface area contributed by atoms with Gasteiger partial charge >= 0.3 is 0 Å². The van der Waals surface area contributed by atoms with E-state index in [0.29, 0.717) is 36.8 Å². The summed E-state index contributed by atoms with van der Waals surface area (Å²) in [4.78, 5) is 12.3. The Morgan fingerprint density at radius 1 is 1.58 bits per heavy atom. The van der Waals surface area contributed by atoms with Crippen molar-refractivity contribution in [3.05, 3.63) is 11.3 Å². The fourth-order valence-corrected chi connectivity index (χ4v) is 4.22. The number of nitriles is 1. The Hall–Kier alpha value is -1.54. The molecule has 1 spiro atoms. The van der Waals surface area contributed by atoms with E-state index < -0.39 is 5.54 Å². The number of nitrogens with two attached hydrogens (primary N) is 1. The van der Waals surface area contributed by atoms with Crippen molar-refractivity contribution in [1.82, 2.24) is 5.32 Å². The predicted molar refractivity (Wildman–Crippen MR) is 68.4 cm³/mol. The zero-order valence-electron chi connectivity index (χ0n) is 11.3. The molecule has 0 saturated carbocycles. The van der Waals surface area contributed by atoms with E-state index in [-0.39, 0.29) is 23.7 Å². The summed E-state index contributed by atoms with van der Waals surface area (Å²) in [6.07, 6.45) is 0.642. The average molecular weight is 261 g/mol. The molecular formula is C14H19N3O2. The first-order chi connectivity index (χ1) is 9.03. The Labute approximate surface area is 112 Å². The monoisotopic (exact) mass is 261 g/mol. The van der Waals surface area contributed by atoms with Crippen molar-refractivity contribution < 1.29 is 9.53 Å². The smallest absolute Gasteiger partial charge is 0.230 e. The maximum atomic E-state index is 12.3. The minimum absolute atomic E-state index is 0.0200. The van der Waals surface area contributed by atoms with Crippen LogP contribution in [-0.2, 0) is 9.53 Å². The third kappa shape index (κ3) is 1.41. The molecule has 2 fully saturated rings. The number of hydrogen-bond donors (Lipinski definition) is 2. The molecule has 0 aromatic rings. The predicted octanol–water partition coefficient (Wildman–Crippen LogP) is 0.530. The first-order valence-corrected chi connectivity index (χ1v) is 6.83. The molecule has 0 unspecified atom stereocenters. The fourth-order valence-electron chi connectivity index (χ4n) is 4.22. The molecule has 2 bridgehead atoms. The molecule has 3 aliphatic heterocycles. The van der Waals surface area contributed by atoms with Crippen LogP contribution in [0.3, 0.4) is 0 Å². The summed E-state index contributed by atoms with van der Waals surface area (Å²) in [5, 5.41) is 12.5. The summed E-state index contributed by atoms with van der Waals surface area (Å²) in [5.74, 6) is 0.259. The van der Waals surface area contributed by atoms with Crippen molar-refractivity contribution in [2.75, 3.05) is 13.2 Å². The highest BCUT2D eigenvalue weighted by Gasteiger charge is 2.62. The van der Waals surface area contributed by atoms with E-state index in [4.69, 9.17) is 10.5 Å². The summed E-state index contributed by atoms with van der Waals surface area (Å²) < 4.78 is 5.61. The van der Waals surface area contributed by atoms with Gasteiger partial charge in [0, 0.05) is 18.2 Å². The Morgan fingerprint density at radius 2 is 2.32 bits per heavy atom. The first kappa shape index (κ1) is 12.5. The highest BCUT2D eigenvalue weighted by molar-refractivity contribution is 5.87. The molecule has 19 heavy (non-hydrogen) atoms. The van der Waals surface area contributed by atoms with Gasteiger partial charge in [0.2, 0.25) is 5.91 Å². The molecule has 3 heterocycles. The second kappa shape index (κ2) is 3.97. The molecule has 102 valence electrons. The maximum absolute atomic E-state index is 12.3. The van der Waals surface area contributed by atoms with Crippen LogP contribution >= 0.6 is 0 Å². The van der Waals surface area contributed by atoms with Gasteiger partial charge in [0.15, 0.2) is 0 Å². The van der Waals surface area contributed by atoms with Gasteiger partial charge < -0.3 is 15.8 Å². The lowest BCUT2D eigenvalue weighted by Crippen LogP contribution is -2.72. The van der Waals surface area contributed by atoms with E-state index >= 15 is 0 Å². The molecule has 3 N–H and O–H groups in total. The van der Waals surface area contributed by atoms with Gasteiger partial charge in [-0.15, -0.1) is 0 Å². The van der Waals surface area contributed by atoms with E-state index in [9.17, 15) is 10.1 Å². The van der Waals surface area contributed by atoms with Crippen LogP contribution in [0.25, 0.3) is 0 Å². The Balaban J connectivity index is 2.20. The number of rotatable bonds is 1. The van der Waals surface area contributed by atoms with E-state index in [1.807, 2.05) is 0 Å². The lowest BCUT2D eigenvalue weighted by Gasteiger charge is -2.58. The lowest BCUT2D eigenvalue weighted by molar-refractivity contribution is -0.145. The van der Waals surface area contributed by atoms with Crippen molar-refractivity contribution >= 4 is 5.91 Å². The summed E-state index contributed by atoms with van der Waals surface area (Å²) in [6, 6.07) is 2.24. The molecule has 2 saturated heterocycles. The van der Waals surface area contributed by atoms with E-state index in [2.05, 4.69) is 25.2 Å². The topological polar surface area (TPSA) is 88.1 Å². The molecule has 0 aromatic carbocycles. The quantitative estimate of drug-likeness (QED) is 0.720. The fraction of sp³-hybridized carbons (Fsp3) is 0.714. The first-order valence-electron chi connectivity index (χ1n) is 6.83. The minimum atomic E-state index is -0.585. The molecule has 0 radical (unpaired) electrons. The largest absolute Gasteiger partial charge is 0.401 e. The minimum Gasteiger partial charge on any atom is -0.401 e. The van der Waals surface area contributed by atoms with Crippen LogP contribution in [-0.4, -0.2) is 24.7 Å². The van der Waals surface area contributed by atoms with Gasteiger partial charge in [-0.05, 0) is 18.3 Å². The van der Waals surface area contributed by atoms with Crippen LogP contribution in [0.1, 0.15) is 20.3 Å². The number of fused-ring (bicyclic) bond motifs is 1. The Kier molecular flexibility index (Phi) is 2.61. The van der Waals surface area contributed by atoms with Crippen LogP contribution in [0, 0.1) is 35.0 Å². The number of nitrogens with zero attached hydrogens (tertiary/aromatic N) is 1. The highest BCUT2D eigenvalue weighted by atomic mass is 16.5. The number of ether oxygens (including phenoxy) is 1. The van der Waals surface area contributed by atoms with Gasteiger partial charge in [-0.25, -0.2) is 0 Å². The van der Waals surface area contributed by atoms with E-state index in [1.54, 1.807) is 0 Å². The molecular weight excluding hydrogens is 242 g/mol. The molecule has 1 aliphatic carbocycles. The maximum Gasteiger partial charge on any atom is 0.230 e. The lowest BCUT2D eigenvalue weighted by atomic mass is 9.54. The van der Waals surface area contributed by atoms with Crippen molar-refractivity contribution in [2.45, 2.75) is 25.8 Å². The summed E-state index contributed by atoms with van der Waals surface area (Å²) in [7, 11) is 0. The van der Waals surface area contributed by atoms with Crippen LogP contribution < -0.4 is 11.1 Å². The number of carbonyl (C=O) groups excluding carboxylic acids is 1. The molecule has 4 atom stereocenters. The van der Waals surface area contributed by atoms with Gasteiger partial charge in [0.05, 0.1) is 29.7 Å². The zero-order valence-corrected chi connectivity index (χ0v) is 11.3. The number of carbonyl (C=O) groups is 1. The normalized spacial score (nSPS) is 40.9. The third-order valence-electron chi connectivity index (χ3n) is 5.00. The van der Waals surface area contributed by atoms with Gasteiger partial charge in [-0.3, -0.25) is 4.79 Å². The highest BCUT2D eigenvalue weighted by Crippen LogP contribution is 2.53. The molecule has 0 aromatic heterocycles. The molecule has 5 nitrogen and oxygen atoms in total. The molecule has 4 rings (SSSR count). The van der Waals surface area contributed by atoms with Crippen LogP contribution in [0.5, 0.6) is 0 Å². The zero-order chi connectivity index (χ0) is 13.8. The number of nitrogens with one attached hydrogen (secondary N) is 1. The van der Waals surface area contributed by atoms with Gasteiger partial charge in [-0.2, -0.15) is 5.26 Å². The van der Waals surface area contributed by atoms with Gasteiger partial charge in [0.1, 0.15) is 0 Å². The summed E-state index contributed by atoms with van der Waals surface area (Å²) in [6.45, 7) is 5.38. The molecule has 4 aliphatic rings. The Bertz CT molecular complexity index is 505. The van der Waals surface area contributed by atoms with Gasteiger partial charge in [0.25, 0.3) is 0 Å². The van der Waals surface area contributed by atoms with Crippen molar-refractivity contribution in [3.8, 4) is 6.07 Å². The third-order valence-corrected chi connectivity index (χ3v) is 5.00. The standard InChI is InChI=1S/C14H19N3O2/c1-7(2)10-9-6-19-4-3-14(9)8(5-15)12(16)11(10)13(18)17-14/h7,9-11H,3-4,6,16H2,1-2H3,(H,17,18)/t9-,10+,11-,14-/m1/s1. The number of amides is 1. The average Bonchev–Trinajstić information content (AvgIpc) is 2.36. The Morgan fingerprint density at radius 3 is 2.95 bits per heavy atom. The van der Waals surface area contributed by atoms with Crippen molar-refractivity contribution in [1.29, 1.82) is 5.26 Å². The second-order valence-electron chi connectivity index (χ2n) is 6.13. The van der Waals surface area contributed by atoms with Crippen molar-refractivity contribution in [3.63, 3.8) is 0 Å². The van der Waals surface area contributed by atoms with Crippen molar-refractivity contribution in [2.24, 2.45) is 29.4 Å². The number of hydrogen-bond acceptors (Lipinski definition) is 4. The SMILES string of the molecule is CC(C)[C@@H]1[C@H]2C(=O)N[C@]3(CCOC[C@H]13)C(C#N)=C2N.